The van der Waals surface area contributed by atoms with Crippen LogP contribution in [0.25, 0.3) is 0 Å². The van der Waals surface area contributed by atoms with E-state index in [4.69, 9.17) is 19.2 Å². The van der Waals surface area contributed by atoms with Crippen LogP contribution in [0.2, 0.25) is 0 Å². The Balaban J connectivity index is 0. The zero-order chi connectivity index (χ0) is 4.50. The average Bonchev–Trinajstić information content (AvgIpc) is 0.722. The third-order valence-corrected chi connectivity index (χ3v) is 0. The summed E-state index contributed by atoms with van der Waals surface area (Å²) in [7, 11) is -4.64. The predicted octanol–water partition coefficient (Wildman–Crippen LogP) is -1.84. The van der Waals surface area contributed by atoms with Crippen molar-refractivity contribution in [2.24, 2.45) is 0 Å². The summed E-state index contributed by atoms with van der Waals surface area (Å²) < 4.78 is 8.88. The normalized spacial score (nSPS) is 9.83. The van der Waals surface area contributed by atoms with Gasteiger partial charge in [-0.05, 0) is 0 Å². The Morgan fingerprint density at radius 2 is 1.17 bits per heavy atom. The van der Waals surface area contributed by atoms with E-state index in [1.54, 1.807) is 0 Å². The van der Waals surface area contributed by atoms with E-state index in [0.717, 1.165) is 0 Å². The first-order chi connectivity index (χ1) is 2.00. The molecule has 38 valence electrons. The van der Waals surface area contributed by atoms with Gasteiger partial charge in [0.1, 0.15) is 0 Å². The number of phosphoric acid groups is 1. The van der Waals surface area contributed by atoms with Gasteiger partial charge in [-0.2, -0.15) is 0 Å². The summed E-state index contributed by atoms with van der Waals surface area (Å²) in [6.07, 6.45) is 0. The van der Waals surface area contributed by atoms with Crippen LogP contribution in [0.4, 0.5) is 0 Å². The average molecular weight is 219 g/mol. The van der Waals surface area contributed by atoms with Gasteiger partial charge in [0.05, 0.1) is 0 Å². The van der Waals surface area contributed by atoms with Crippen molar-refractivity contribution in [2.75, 3.05) is 0 Å². The summed E-state index contributed by atoms with van der Waals surface area (Å²) in [4.78, 5) is 21.6. The Hall–Kier alpha value is 0.909. The summed E-state index contributed by atoms with van der Waals surface area (Å²) in [6, 6.07) is 0. The van der Waals surface area contributed by atoms with Gasteiger partial charge >= 0.3 is 31.7 Å². The molecule has 0 saturated heterocycles. The van der Waals surface area contributed by atoms with E-state index in [-0.39, 0.29) is 23.9 Å². The van der Waals surface area contributed by atoms with E-state index < -0.39 is 7.82 Å². The standard InChI is InChI=1S/H3O4P.Sn.2H/c1-5(2,3)4;;;/h(H3,1,2,3,4);;;. The van der Waals surface area contributed by atoms with Crippen molar-refractivity contribution >= 4 is 31.7 Å². The van der Waals surface area contributed by atoms with Gasteiger partial charge in [0.15, 0.2) is 0 Å². The molecule has 0 aliphatic heterocycles. The second-order valence-electron chi connectivity index (χ2n) is 0.513. The molecule has 0 aromatic carbocycles. The van der Waals surface area contributed by atoms with Crippen LogP contribution in [0.5, 0.6) is 0 Å². The van der Waals surface area contributed by atoms with E-state index in [1.165, 1.54) is 0 Å². The molecule has 0 saturated carbocycles. The van der Waals surface area contributed by atoms with Gasteiger partial charge in [0.25, 0.3) is 0 Å². The van der Waals surface area contributed by atoms with Crippen molar-refractivity contribution in [3.63, 3.8) is 0 Å². The summed E-state index contributed by atoms with van der Waals surface area (Å²) >= 11 is 0. The Bertz CT molecular complexity index is 53.7. The summed E-state index contributed by atoms with van der Waals surface area (Å²) in [5.41, 5.74) is 0. The molecular formula is H5O4PSn. The van der Waals surface area contributed by atoms with Gasteiger partial charge in [-0.15, -0.1) is 0 Å². The van der Waals surface area contributed by atoms with Gasteiger partial charge in [-0.3, -0.25) is 0 Å². The molecule has 6 heteroatoms. The summed E-state index contributed by atoms with van der Waals surface area (Å²) in [5, 5.41) is 0. The van der Waals surface area contributed by atoms with Crippen molar-refractivity contribution in [3.05, 3.63) is 0 Å². The van der Waals surface area contributed by atoms with E-state index in [2.05, 4.69) is 0 Å². The topological polar surface area (TPSA) is 77.8 Å². The van der Waals surface area contributed by atoms with Crippen molar-refractivity contribution in [1.82, 2.24) is 0 Å². The van der Waals surface area contributed by atoms with Crippen LogP contribution >= 0.6 is 7.82 Å². The molecule has 6 heavy (non-hydrogen) atoms. The second kappa shape index (κ2) is 2.98. The maximum absolute atomic E-state index is 8.88. The molecule has 0 aliphatic carbocycles. The second-order valence-corrected chi connectivity index (χ2v) is 1.54. The van der Waals surface area contributed by atoms with Gasteiger partial charge in [-0.25, -0.2) is 4.57 Å². The first-order valence-electron chi connectivity index (χ1n) is 0.783. The molecule has 0 fully saturated rings. The molecule has 0 atom stereocenters. The first kappa shape index (κ1) is 10.0. The van der Waals surface area contributed by atoms with Crippen LogP contribution in [0.3, 0.4) is 0 Å². The van der Waals surface area contributed by atoms with E-state index in [9.17, 15) is 0 Å². The Kier molecular flexibility index (Phi) is 4.98. The molecule has 0 heterocycles. The molecular weight excluding hydrogens is 214 g/mol. The molecule has 0 unspecified atom stereocenters. The third-order valence-electron chi connectivity index (χ3n) is 0. The molecule has 4 nitrogen and oxygen atoms in total. The van der Waals surface area contributed by atoms with E-state index >= 15 is 0 Å². The predicted molar refractivity (Wildman–Crippen MR) is 22.8 cm³/mol. The molecule has 0 spiro atoms. The van der Waals surface area contributed by atoms with E-state index in [0.29, 0.717) is 0 Å². The fourth-order valence-corrected chi connectivity index (χ4v) is 0. The fraction of sp³-hybridized carbons (Fsp3) is 0. The van der Waals surface area contributed by atoms with Gasteiger partial charge < -0.3 is 14.7 Å². The first-order valence-corrected chi connectivity index (χ1v) is 2.35. The molecule has 0 aromatic rings. The van der Waals surface area contributed by atoms with Gasteiger partial charge in [0.2, 0.25) is 0 Å². The molecule has 0 rings (SSSR count). The molecule has 3 N–H and O–H groups in total. The number of hydrogen-bond acceptors (Lipinski definition) is 1. The van der Waals surface area contributed by atoms with Crippen molar-refractivity contribution in [1.29, 1.82) is 0 Å². The van der Waals surface area contributed by atoms with Crippen molar-refractivity contribution in [2.45, 2.75) is 0 Å². The van der Waals surface area contributed by atoms with Crippen LogP contribution in [0, 0.1) is 0 Å². The summed E-state index contributed by atoms with van der Waals surface area (Å²) in [6.45, 7) is 0. The molecule has 0 aliphatic rings. The quantitative estimate of drug-likeness (QED) is 0.330. The Morgan fingerprint density at radius 3 is 1.17 bits per heavy atom. The van der Waals surface area contributed by atoms with E-state index in [1.807, 2.05) is 0 Å². The van der Waals surface area contributed by atoms with Crippen LogP contribution in [0.1, 0.15) is 0 Å². The molecule has 0 aromatic heterocycles. The van der Waals surface area contributed by atoms with Crippen LogP contribution in [0.15, 0.2) is 0 Å². The minimum absolute atomic E-state index is 0. The van der Waals surface area contributed by atoms with Gasteiger partial charge in [0, 0.05) is 0 Å². The monoisotopic (exact) mass is 220 g/mol. The Morgan fingerprint density at radius 1 is 1.17 bits per heavy atom. The number of rotatable bonds is 0. The van der Waals surface area contributed by atoms with Crippen LogP contribution in [-0.4, -0.2) is 38.6 Å². The van der Waals surface area contributed by atoms with Gasteiger partial charge in [-0.1, -0.05) is 0 Å². The van der Waals surface area contributed by atoms with Crippen molar-refractivity contribution in [3.8, 4) is 0 Å². The molecule has 0 bridgehead atoms. The zero-order valence-corrected chi connectivity index (χ0v) is 7.83. The van der Waals surface area contributed by atoms with Crippen LogP contribution in [-0.2, 0) is 4.57 Å². The maximum atomic E-state index is 8.88. The zero-order valence-electron chi connectivity index (χ0n) is 2.90. The minimum atomic E-state index is -4.64. The summed E-state index contributed by atoms with van der Waals surface area (Å²) in [5.74, 6) is 0. The molecule has 0 amide bonds. The van der Waals surface area contributed by atoms with Crippen LogP contribution < -0.4 is 0 Å². The van der Waals surface area contributed by atoms with Crippen molar-refractivity contribution < 1.29 is 19.2 Å². The fourth-order valence-electron chi connectivity index (χ4n) is 0. The Labute approximate surface area is 51.4 Å². The molecule has 2 radical (unpaired) electrons. The number of hydrogen-bond donors (Lipinski definition) is 3. The SMILES string of the molecule is O=P(O)(O)O.[SnH2]. The third kappa shape index (κ3) is 90.8.